The van der Waals surface area contributed by atoms with Crippen LogP contribution in [0.25, 0.3) is 0 Å². The molecule has 0 aliphatic carbocycles. The van der Waals surface area contributed by atoms with Gasteiger partial charge in [0, 0.05) is 20.2 Å². The third-order valence-corrected chi connectivity index (χ3v) is 5.85. The number of hydrazine groups is 1. The largest absolute Gasteiger partial charge is 0.569 e. The molecule has 2 aliphatic heterocycles. The lowest BCUT2D eigenvalue weighted by Crippen LogP contribution is -2.65. The van der Waals surface area contributed by atoms with Crippen molar-refractivity contribution in [2.24, 2.45) is 5.28 Å². The molecule has 0 spiro atoms. The Kier molecular flexibility index (Phi) is 11.5. The second-order valence-electron chi connectivity index (χ2n) is 8.10. The van der Waals surface area contributed by atoms with E-state index in [1.54, 1.807) is 0 Å². The Labute approximate surface area is 196 Å². The summed E-state index contributed by atoms with van der Waals surface area (Å²) >= 11 is 0. The van der Waals surface area contributed by atoms with Crippen LogP contribution in [0.3, 0.4) is 0 Å². The molecule has 0 aromatic rings. The quantitative estimate of drug-likeness (QED) is 0.0546. The maximum absolute atomic E-state index is 12.0. The Hall–Kier alpha value is -1.44. The second kappa shape index (κ2) is 13.6. The molecule has 2 rings (SSSR count). The van der Waals surface area contributed by atoms with Crippen LogP contribution in [0.15, 0.2) is 5.28 Å². The van der Waals surface area contributed by atoms with Gasteiger partial charge in [0.05, 0.1) is 30.8 Å². The van der Waals surface area contributed by atoms with E-state index in [2.05, 4.69) is 10.6 Å². The third kappa shape index (κ3) is 6.82. The summed E-state index contributed by atoms with van der Waals surface area (Å²) < 4.78 is 22.1. The van der Waals surface area contributed by atoms with Crippen LogP contribution < -0.4 is 5.32 Å². The summed E-state index contributed by atoms with van der Waals surface area (Å²) in [5.41, 5.74) is 0. The van der Waals surface area contributed by atoms with Gasteiger partial charge in [-0.1, -0.05) is 0 Å². The molecule has 8 N–H and O–H groups in total. The molecule has 0 aromatic carbocycles. The molecule has 1 unspecified atom stereocenters. The van der Waals surface area contributed by atoms with Crippen LogP contribution in [0.1, 0.15) is 6.92 Å². The Balaban J connectivity index is 2.17. The minimum Gasteiger partial charge on any atom is -0.569 e. The number of aliphatic hydroxyl groups excluding tert-OH is 6. The smallest absolute Gasteiger partial charge is 0.230 e. The van der Waals surface area contributed by atoms with E-state index in [-0.39, 0.29) is 37.8 Å². The molecule has 16 nitrogen and oxygen atoms in total. The molecule has 2 heterocycles. The second-order valence-corrected chi connectivity index (χ2v) is 8.10. The number of hydrogen-bond acceptors (Lipinski definition) is 13. The summed E-state index contributed by atoms with van der Waals surface area (Å²) in [6, 6.07) is 0. The summed E-state index contributed by atoms with van der Waals surface area (Å²) in [6.07, 6.45) is -13.0. The Bertz CT molecular complexity index is 632. The normalized spacial score (nSPS) is 39.2. The van der Waals surface area contributed by atoms with Crippen molar-refractivity contribution in [3.63, 3.8) is 0 Å². The Morgan fingerprint density at radius 1 is 1.00 bits per heavy atom. The molecule has 2 saturated heterocycles. The van der Waals surface area contributed by atoms with Crippen LogP contribution in [-0.4, -0.2) is 154 Å². The molecule has 2 fully saturated rings. The van der Waals surface area contributed by atoms with Gasteiger partial charge in [-0.3, -0.25) is 0 Å². The summed E-state index contributed by atoms with van der Waals surface area (Å²) in [5, 5.41) is 87.5. The van der Waals surface area contributed by atoms with Gasteiger partial charge in [0.1, 0.15) is 55.4 Å². The van der Waals surface area contributed by atoms with E-state index in [1.807, 2.05) is 0 Å². The number of aliphatic hydroxyl groups is 6. The fraction of sp³-hybridized carbons (Fsp3) is 1.00. The first-order valence-electron chi connectivity index (χ1n) is 10.9. The van der Waals surface area contributed by atoms with Crippen molar-refractivity contribution >= 4 is 0 Å². The van der Waals surface area contributed by atoms with Crippen molar-refractivity contribution in [1.29, 1.82) is 0 Å². The number of rotatable bonds is 12. The van der Waals surface area contributed by atoms with Crippen LogP contribution in [0.4, 0.5) is 0 Å². The lowest BCUT2D eigenvalue weighted by atomic mass is 9.94. The van der Waals surface area contributed by atoms with Crippen LogP contribution in [0.2, 0.25) is 0 Å². The summed E-state index contributed by atoms with van der Waals surface area (Å²) in [5.74, 6) is 0. The first kappa shape index (κ1) is 28.8. The lowest BCUT2D eigenvalue weighted by Gasteiger charge is -2.46. The minimum absolute atomic E-state index is 0.0138. The highest BCUT2D eigenvalue weighted by molar-refractivity contribution is 4.95. The Morgan fingerprint density at radius 2 is 1.68 bits per heavy atom. The van der Waals surface area contributed by atoms with Gasteiger partial charge in [-0.05, 0) is 6.92 Å². The first-order chi connectivity index (χ1) is 16.2. The summed E-state index contributed by atoms with van der Waals surface area (Å²) in [4.78, 5) is -0.0950. The van der Waals surface area contributed by atoms with Crippen molar-refractivity contribution in [1.82, 2.24) is 10.3 Å². The molecule has 0 amide bonds. The van der Waals surface area contributed by atoms with Crippen molar-refractivity contribution in [2.75, 3.05) is 46.5 Å². The molecule has 34 heavy (non-hydrogen) atoms. The van der Waals surface area contributed by atoms with E-state index in [4.69, 9.17) is 29.3 Å². The maximum Gasteiger partial charge on any atom is 0.230 e. The minimum atomic E-state index is -1.66. The molecule has 10 atom stereocenters. The number of hydrogen-bond donors (Lipinski definition) is 8. The van der Waals surface area contributed by atoms with E-state index in [0.717, 1.165) is 5.01 Å². The van der Waals surface area contributed by atoms with Crippen molar-refractivity contribution < 1.29 is 59.8 Å². The molecule has 0 saturated carbocycles. The van der Waals surface area contributed by atoms with Gasteiger partial charge in [0.15, 0.2) is 6.29 Å². The zero-order valence-corrected chi connectivity index (χ0v) is 19.0. The van der Waals surface area contributed by atoms with E-state index >= 15 is 0 Å². The first-order valence-corrected chi connectivity index (χ1v) is 10.9. The zero-order chi connectivity index (χ0) is 25.4. The zero-order valence-electron chi connectivity index (χ0n) is 19.0. The predicted molar refractivity (Wildman–Crippen MR) is 109 cm³/mol. The molecule has 2 aliphatic rings. The van der Waals surface area contributed by atoms with Crippen molar-refractivity contribution in [3.05, 3.63) is 5.21 Å². The summed E-state index contributed by atoms with van der Waals surface area (Å²) in [6.45, 7) is 1.06. The van der Waals surface area contributed by atoms with Gasteiger partial charge in [0.25, 0.3) is 0 Å². The number of methoxy groups -OCH3 is 1. The van der Waals surface area contributed by atoms with E-state index in [9.17, 15) is 30.7 Å². The molecule has 200 valence electrons. The highest BCUT2D eigenvalue weighted by Crippen LogP contribution is 2.30. The van der Waals surface area contributed by atoms with Crippen LogP contribution in [0.5, 0.6) is 0 Å². The van der Waals surface area contributed by atoms with Gasteiger partial charge < -0.3 is 65.3 Å². The number of nitrogens with one attached hydrogen (secondary N) is 1. The maximum atomic E-state index is 12.0. The molecule has 0 radical (unpaired) electrons. The number of nitrogens with zero attached hydrogens (tertiary/aromatic N) is 3. The van der Waals surface area contributed by atoms with Gasteiger partial charge in [-0.15, -0.1) is 5.01 Å². The highest BCUT2D eigenvalue weighted by Gasteiger charge is 2.50. The van der Waals surface area contributed by atoms with E-state index in [1.165, 1.54) is 14.0 Å². The SMILES string of the molecule is CO[C@H]1[C@H](O)[C@@H](O)[C@@H](OC2[C@@H](CO)O[C@H](C)[C@H](O)[C@H]2O)O[C@@H]1CN(CCNCCO)/[N+]([O-])=N/O. The van der Waals surface area contributed by atoms with E-state index < -0.39 is 67.8 Å². The van der Waals surface area contributed by atoms with Gasteiger partial charge >= 0.3 is 0 Å². The standard InChI is InChI=1S/C18H36N4O12/c1-9-12(25)13(26)17(11(8-24)32-9)34-18-15(28)14(27)16(31-2)10(33-18)7-21(22(30)20-29)5-3-19-4-6-23/h9-19,23-29H,3-8H2,1-2H3/b22-20-/t9-,10-,11-,12+,13-,14-,15-,16-,17?,18-/m1/s1. The van der Waals surface area contributed by atoms with Gasteiger partial charge in [-0.2, -0.15) is 0 Å². The monoisotopic (exact) mass is 500 g/mol. The van der Waals surface area contributed by atoms with Crippen molar-refractivity contribution in [3.8, 4) is 0 Å². The molecule has 16 heteroatoms. The van der Waals surface area contributed by atoms with Crippen molar-refractivity contribution in [2.45, 2.75) is 68.1 Å². The molecule has 0 aromatic heterocycles. The average molecular weight is 501 g/mol. The highest BCUT2D eigenvalue weighted by atomic mass is 16.7. The van der Waals surface area contributed by atoms with Crippen LogP contribution >= 0.6 is 0 Å². The van der Waals surface area contributed by atoms with Crippen LogP contribution in [-0.2, 0) is 18.9 Å². The average Bonchev–Trinajstić information content (AvgIpc) is 2.83. The fourth-order valence-electron chi connectivity index (χ4n) is 3.97. The molecule has 0 bridgehead atoms. The number of ether oxygens (including phenoxy) is 4. The summed E-state index contributed by atoms with van der Waals surface area (Å²) in [7, 11) is 1.26. The lowest BCUT2D eigenvalue weighted by molar-refractivity contribution is -0.711. The third-order valence-electron chi connectivity index (χ3n) is 5.85. The fourth-order valence-corrected chi connectivity index (χ4v) is 3.97. The molecular weight excluding hydrogens is 464 g/mol. The van der Waals surface area contributed by atoms with Crippen LogP contribution in [0, 0.1) is 5.21 Å². The predicted octanol–water partition coefficient (Wildman–Crippen LogP) is -4.51. The molecular formula is C18H36N4O12. The van der Waals surface area contributed by atoms with E-state index in [0.29, 0.717) is 0 Å². The Morgan fingerprint density at radius 3 is 2.26 bits per heavy atom. The van der Waals surface area contributed by atoms with Gasteiger partial charge in [0.2, 0.25) is 5.28 Å². The van der Waals surface area contributed by atoms with Gasteiger partial charge in [-0.25, -0.2) is 0 Å². The topological polar surface area (TPSA) is 232 Å².